The molecule has 6 heteroatoms. The predicted molar refractivity (Wildman–Crippen MR) is 86.8 cm³/mol. The molecule has 0 atom stereocenters. The van der Waals surface area contributed by atoms with E-state index in [-0.39, 0.29) is 5.56 Å². The second-order valence-corrected chi connectivity index (χ2v) is 5.61. The van der Waals surface area contributed by atoms with Gasteiger partial charge in [0.2, 0.25) is 5.95 Å². The van der Waals surface area contributed by atoms with Crippen molar-refractivity contribution < 1.29 is 14.3 Å². The molecule has 0 fully saturated rings. The Morgan fingerprint density at radius 2 is 1.96 bits per heavy atom. The van der Waals surface area contributed by atoms with Crippen LogP contribution in [0.2, 0.25) is 0 Å². The standard InChI is InChI=1S/C17H22FN3O2/c1-5-17(23,6-2)12-9-7-8-10-13(12)19-16(22)14-11(3)20-21(4)15(14)18/h7-10,23H,5-6H2,1-4H3,(H,19,22). The summed E-state index contributed by atoms with van der Waals surface area (Å²) in [5.41, 5.74) is 0.304. The zero-order valence-electron chi connectivity index (χ0n) is 13.9. The summed E-state index contributed by atoms with van der Waals surface area (Å²) in [6, 6.07) is 7.04. The van der Waals surface area contributed by atoms with Crippen molar-refractivity contribution in [1.82, 2.24) is 9.78 Å². The molecule has 0 bridgehead atoms. The lowest BCUT2D eigenvalue weighted by Gasteiger charge is -2.28. The first kappa shape index (κ1) is 17.1. The molecule has 0 aliphatic carbocycles. The number of hydrogen-bond acceptors (Lipinski definition) is 3. The highest BCUT2D eigenvalue weighted by Crippen LogP contribution is 2.34. The molecule has 5 nitrogen and oxygen atoms in total. The van der Waals surface area contributed by atoms with Crippen LogP contribution in [-0.4, -0.2) is 20.8 Å². The van der Waals surface area contributed by atoms with Crippen molar-refractivity contribution in [2.75, 3.05) is 5.32 Å². The van der Waals surface area contributed by atoms with Crippen molar-refractivity contribution >= 4 is 11.6 Å². The summed E-state index contributed by atoms with van der Waals surface area (Å²) >= 11 is 0. The van der Waals surface area contributed by atoms with Gasteiger partial charge in [-0.2, -0.15) is 9.49 Å². The molecule has 0 radical (unpaired) electrons. The highest BCUT2D eigenvalue weighted by atomic mass is 19.1. The largest absolute Gasteiger partial charge is 0.385 e. The normalized spacial score (nSPS) is 11.6. The van der Waals surface area contributed by atoms with E-state index in [1.54, 1.807) is 31.2 Å². The van der Waals surface area contributed by atoms with E-state index in [1.165, 1.54) is 7.05 Å². The Hall–Kier alpha value is -2.21. The Kier molecular flexibility index (Phi) is 4.85. The van der Waals surface area contributed by atoms with Crippen LogP contribution in [0.5, 0.6) is 0 Å². The Morgan fingerprint density at radius 1 is 1.35 bits per heavy atom. The molecule has 0 aliphatic rings. The fraction of sp³-hybridized carbons (Fsp3) is 0.412. The van der Waals surface area contributed by atoms with E-state index in [9.17, 15) is 14.3 Å². The second kappa shape index (κ2) is 6.50. The summed E-state index contributed by atoms with van der Waals surface area (Å²) < 4.78 is 15.1. The van der Waals surface area contributed by atoms with Gasteiger partial charge in [0.25, 0.3) is 5.91 Å². The number of nitrogens with one attached hydrogen (secondary N) is 1. The first-order chi connectivity index (χ1) is 10.8. The minimum atomic E-state index is -1.04. The molecule has 1 aromatic carbocycles. The number of aromatic nitrogens is 2. The molecule has 0 saturated carbocycles. The number of para-hydroxylation sites is 1. The highest BCUT2D eigenvalue weighted by Gasteiger charge is 2.29. The maximum atomic E-state index is 14.0. The van der Waals surface area contributed by atoms with Gasteiger partial charge in [-0.1, -0.05) is 32.0 Å². The van der Waals surface area contributed by atoms with Crippen molar-refractivity contribution in [3.8, 4) is 0 Å². The van der Waals surface area contributed by atoms with E-state index in [4.69, 9.17) is 0 Å². The molecule has 1 heterocycles. The van der Waals surface area contributed by atoms with Crippen molar-refractivity contribution in [3.05, 3.63) is 47.0 Å². The van der Waals surface area contributed by atoms with Crippen molar-refractivity contribution in [2.45, 2.75) is 39.2 Å². The lowest BCUT2D eigenvalue weighted by Crippen LogP contribution is -2.26. The van der Waals surface area contributed by atoms with Gasteiger partial charge in [0.05, 0.1) is 11.3 Å². The van der Waals surface area contributed by atoms with Crippen LogP contribution >= 0.6 is 0 Å². The predicted octanol–water partition coefficient (Wildman–Crippen LogP) is 3.13. The SMILES string of the molecule is CCC(O)(CC)c1ccccc1NC(=O)c1c(C)nn(C)c1F. The van der Waals surface area contributed by atoms with Crippen molar-refractivity contribution in [1.29, 1.82) is 0 Å². The van der Waals surface area contributed by atoms with Crippen molar-refractivity contribution in [2.24, 2.45) is 7.05 Å². The van der Waals surface area contributed by atoms with Gasteiger partial charge in [-0.15, -0.1) is 0 Å². The maximum absolute atomic E-state index is 14.0. The fourth-order valence-electron chi connectivity index (χ4n) is 2.70. The van der Waals surface area contributed by atoms with E-state index in [2.05, 4.69) is 10.4 Å². The quantitative estimate of drug-likeness (QED) is 0.890. The van der Waals surface area contributed by atoms with Crippen LogP contribution in [0.15, 0.2) is 24.3 Å². The van der Waals surface area contributed by atoms with Gasteiger partial charge in [0, 0.05) is 18.3 Å². The van der Waals surface area contributed by atoms with Gasteiger partial charge in [-0.25, -0.2) is 4.68 Å². The minimum Gasteiger partial charge on any atom is -0.385 e. The molecule has 2 N–H and O–H groups in total. The first-order valence-electron chi connectivity index (χ1n) is 7.66. The Bertz CT molecular complexity index is 721. The first-order valence-corrected chi connectivity index (χ1v) is 7.66. The third-order valence-corrected chi connectivity index (χ3v) is 4.23. The molecular weight excluding hydrogens is 297 g/mol. The number of amides is 1. The molecular formula is C17H22FN3O2. The molecule has 2 rings (SSSR count). The number of aliphatic hydroxyl groups is 1. The van der Waals surface area contributed by atoms with Crippen LogP contribution in [-0.2, 0) is 12.6 Å². The van der Waals surface area contributed by atoms with Gasteiger partial charge < -0.3 is 10.4 Å². The summed E-state index contributed by atoms with van der Waals surface area (Å²) in [4.78, 5) is 12.4. The smallest absolute Gasteiger partial charge is 0.262 e. The van der Waals surface area contributed by atoms with Crippen LogP contribution in [0.3, 0.4) is 0 Å². The lowest BCUT2D eigenvalue weighted by atomic mass is 9.87. The van der Waals surface area contributed by atoms with Gasteiger partial charge in [-0.05, 0) is 25.8 Å². The number of anilines is 1. The van der Waals surface area contributed by atoms with E-state index < -0.39 is 17.5 Å². The van der Waals surface area contributed by atoms with Crippen LogP contribution < -0.4 is 5.32 Å². The molecule has 1 amide bonds. The van der Waals surface area contributed by atoms with E-state index in [0.29, 0.717) is 29.8 Å². The third kappa shape index (κ3) is 3.12. The average Bonchev–Trinajstić information content (AvgIpc) is 2.79. The summed E-state index contributed by atoms with van der Waals surface area (Å²) in [6.45, 7) is 5.35. The van der Waals surface area contributed by atoms with E-state index >= 15 is 0 Å². The van der Waals surface area contributed by atoms with Gasteiger partial charge >= 0.3 is 0 Å². The van der Waals surface area contributed by atoms with Crippen LogP contribution in [0.25, 0.3) is 0 Å². The Morgan fingerprint density at radius 3 is 2.48 bits per heavy atom. The minimum absolute atomic E-state index is 0.0844. The lowest BCUT2D eigenvalue weighted by molar-refractivity contribution is 0.0291. The molecule has 23 heavy (non-hydrogen) atoms. The summed E-state index contributed by atoms with van der Waals surface area (Å²) in [5.74, 6) is -1.26. The number of carbonyl (C=O) groups excluding carboxylic acids is 1. The number of benzene rings is 1. The van der Waals surface area contributed by atoms with Gasteiger partial charge in [0.1, 0.15) is 5.56 Å². The molecule has 0 unspecified atom stereocenters. The number of rotatable bonds is 5. The van der Waals surface area contributed by atoms with Crippen LogP contribution in [0, 0.1) is 12.9 Å². The number of nitrogens with zero attached hydrogens (tertiary/aromatic N) is 2. The molecule has 1 aromatic heterocycles. The average molecular weight is 319 g/mol. The third-order valence-electron chi connectivity index (χ3n) is 4.23. The van der Waals surface area contributed by atoms with E-state index in [1.807, 2.05) is 13.8 Å². The summed E-state index contributed by atoms with van der Waals surface area (Å²) in [7, 11) is 1.44. The Balaban J connectivity index is 2.40. The van der Waals surface area contributed by atoms with Crippen molar-refractivity contribution in [3.63, 3.8) is 0 Å². The molecule has 0 spiro atoms. The molecule has 0 saturated heterocycles. The number of halogens is 1. The highest BCUT2D eigenvalue weighted by molar-refractivity contribution is 6.05. The Labute approximate surface area is 135 Å². The van der Waals surface area contributed by atoms with Crippen LogP contribution in [0.4, 0.5) is 10.1 Å². The second-order valence-electron chi connectivity index (χ2n) is 5.61. The number of carbonyl (C=O) groups is 1. The zero-order valence-corrected chi connectivity index (χ0v) is 13.9. The van der Waals surface area contributed by atoms with E-state index in [0.717, 1.165) is 4.68 Å². The van der Waals surface area contributed by atoms with Gasteiger partial charge in [-0.3, -0.25) is 4.79 Å². The fourth-order valence-corrected chi connectivity index (χ4v) is 2.70. The monoisotopic (exact) mass is 319 g/mol. The number of aryl methyl sites for hydroxylation is 2. The summed E-state index contributed by atoms with van der Waals surface area (Å²) in [5, 5.41) is 17.3. The maximum Gasteiger partial charge on any atom is 0.262 e. The van der Waals surface area contributed by atoms with Crippen LogP contribution in [0.1, 0.15) is 48.3 Å². The zero-order chi connectivity index (χ0) is 17.2. The summed E-state index contributed by atoms with van der Waals surface area (Å²) in [6.07, 6.45) is 1.02. The molecule has 0 aliphatic heterocycles. The topological polar surface area (TPSA) is 67.2 Å². The number of hydrogen-bond donors (Lipinski definition) is 2. The molecule has 124 valence electrons. The van der Waals surface area contributed by atoms with Gasteiger partial charge in [0.15, 0.2) is 0 Å². The molecule has 2 aromatic rings.